The molecular formula is C11H21N. The molecule has 0 bridgehead atoms. The van der Waals surface area contributed by atoms with Crippen LogP contribution in [0.2, 0.25) is 0 Å². The Balaban J connectivity index is 2.16. The van der Waals surface area contributed by atoms with Gasteiger partial charge in [0.15, 0.2) is 0 Å². The Bertz CT molecular complexity index is 132. The van der Waals surface area contributed by atoms with E-state index in [0.29, 0.717) is 0 Å². The predicted octanol–water partition coefficient (Wildman–Crippen LogP) is 3.08. The van der Waals surface area contributed by atoms with Crippen molar-refractivity contribution in [1.82, 2.24) is 5.32 Å². The molecule has 0 saturated heterocycles. The molecule has 1 aliphatic rings. The number of rotatable bonds is 3. The third-order valence-electron chi connectivity index (χ3n) is 2.67. The molecule has 0 atom stereocenters. The first-order valence-electron chi connectivity index (χ1n) is 5.18. The molecule has 0 amide bonds. The molecule has 1 rings (SSSR count). The SMILES string of the molecule is C=C(C)NCC1CCCCCC1. The zero-order chi connectivity index (χ0) is 8.81. The first-order chi connectivity index (χ1) is 5.79. The van der Waals surface area contributed by atoms with Crippen molar-refractivity contribution in [3.63, 3.8) is 0 Å². The molecule has 0 spiro atoms. The lowest BCUT2D eigenvalue weighted by Gasteiger charge is -2.15. The van der Waals surface area contributed by atoms with Crippen LogP contribution in [0.15, 0.2) is 12.3 Å². The number of hydrogen-bond donors (Lipinski definition) is 1. The van der Waals surface area contributed by atoms with Gasteiger partial charge in [0.1, 0.15) is 0 Å². The molecule has 1 N–H and O–H groups in total. The molecule has 1 saturated carbocycles. The van der Waals surface area contributed by atoms with Crippen LogP contribution >= 0.6 is 0 Å². The Hall–Kier alpha value is -0.460. The molecule has 0 aromatic carbocycles. The Kier molecular flexibility index (Phi) is 4.20. The maximum absolute atomic E-state index is 3.85. The lowest BCUT2D eigenvalue weighted by Crippen LogP contribution is -2.20. The normalized spacial score (nSPS) is 20.1. The summed E-state index contributed by atoms with van der Waals surface area (Å²) in [4.78, 5) is 0. The van der Waals surface area contributed by atoms with E-state index in [4.69, 9.17) is 0 Å². The highest BCUT2D eigenvalue weighted by molar-refractivity contribution is 4.85. The van der Waals surface area contributed by atoms with E-state index >= 15 is 0 Å². The molecule has 0 radical (unpaired) electrons. The Morgan fingerprint density at radius 3 is 2.33 bits per heavy atom. The first-order valence-corrected chi connectivity index (χ1v) is 5.18. The van der Waals surface area contributed by atoms with Crippen LogP contribution in [-0.2, 0) is 0 Å². The average Bonchev–Trinajstić information content (AvgIpc) is 2.28. The molecule has 12 heavy (non-hydrogen) atoms. The van der Waals surface area contributed by atoms with Crippen LogP contribution in [0.3, 0.4) is 0 Å². The van der Waals surface area contributed by atoms with E-state index in [-0.39, 0.29) is 0 Å². The van der Waals surface area contributed by atoms with Gasteiger partial charge in [-0.1, -0.05) is 32.3 Å². The van der Waals surface area contributed by atoms with E-state index in [9.17, 15) is 0 Å². The predicted molar refractivity (Wildman–Crippen MR) is 54.0 cm³/mol. The van der Waals surface area contributed by atoms with E-state index < -0.39 is 0 Å². The second-order valence-corrected chi connectivity index (χ2v) is 4.02. The fourth-order valence-electron chi connectivity index (χ4n) is 1.89. The van der Waals surface area contributed by atoms with Crippen molar-refractivity contribution in [1.29, 1.82) is 0 Å². The van der Waals surface area contributed by atoms with Crippen molar-refractivity contribution >= 4 is 0 Å². The molecular weight excluding hydrogens is 146 g/mol. The standard InChI is InChI=1S/C11H21N/c1-10(2)12-9-11-7-5-3-4-6-8-11/h11-12H,1,3-9H2,2H3. The van der Waals surface area contributed by atoms with Crippen LogP contribution in [0.4, 0.5) is 0 Å². The van der Waals surface area contributed by atoms with Gasteiger partial charge in [0.05, 0.1) is 0 Å². The van der Waals surface area contributed by atoms with E-state index in [1.807, 2.05) is 6.92 Å². The van der Waals surface area contributed by atoms with Gasteiger partial charge in [0.25, 0.3) is 0 Å². The van der Waals surface area contributed by atoms with E-state index in [2.05, 4.69) is 11.9 Å². The molecule has 1 nitrogen and oxygen atoms in total. The third-order valence-corrected chi connectivity index (χ3v) is 2.67. The molecule has 0 aromatic heterocycles. The van der Waals surface area contributed by atoms with E-state index in [1.54, 1.807) is 0 Å². The molecule has 0 unspecified atom stereocenters. The summed E-state index contributed by atoms with van der Waals surface area (Å²) in [6.45, 7) is 7.04. The molecule has 0 aromatic rings. The summed E-state index contributed by atoms with van der Waals surface area (Å²) in [5, 5.41) is 3.35. The largest absolute Gasteiger partial charge is 0.389 e. The highest BCUT2D eigenvalue weighted by Crippen LogP contribution is 2.22. The van der Waals surface area contributed by atoms with Crippen LogP contribution in [0.5, 0.6) is 0 Å². The summed E-state index contributed by atoms with van der Waals surface area (Å²) in [6, 6.07) is 0. The second-order valence-electron chi connectivity index (χ2n) is 4.02. The second kappa shape index (κ2) is 5.23. The average molecular weight is 167 g/mol. The van der Waals surface area contributed by atoms with Gasteiger partial charge in [-0.25, -0.2) is 0 Å². The highest BCUT2D eigenvalue weighted by atomic mass is 14.9. The zero-order valence-electron chi connectivity index (χ0n) is 8.23. The highest BCUT2D eigenvalue weighted by Gasteiger charge is 2.10. The minimum Gasteiger partial charge on any atom is -0.389 e. The van der Waals surface area contributed by atoms with E-state index in [0.717, 1.165) is 18.2 Å². The van der Waals surface area contributed by atoms with Gasteiger partial charge in [-0.15, -0.1) is 0 Å². The number of nitrogens with one attached hydrogen (secondary N) is 1. The molecule has 1 aliphatic carbocycles. The van der Waals surface area contributed by atoms with Gasteiger partial charge in [-0.05, 0) is 25.7 Å². The smallest absolute Gasteiger partial charge is 0.0172 e. The topological polar surface area (TPSA) is 12.0 Å². The van der Waals surface area contributed by atoms with Crippen molar-refractivity contribution in [2.24, 2.45) is 5.92 Å². The Labute approximate surface area is 76.2 Å². The number of allylic oxidation sites excluding steroid dienone is 1. The van der Waals surface area contributed by atoms with Crippen LogP contribution in [-0.4, -0.2) is 6.54 Å². The molecule has 1 fully saturated rings. The fourth-order valence-corrected chi connectivity index (χ4v) is 1.89. The van der Waals surface area contributed by atoms with Gasteiger partial charge >= 0.3 is 0 Å². The minimum absolute atomic E-state index is 0.907. The zero-order valence-corrected chi connectivity index (χ0v) is 8.23. The van der Waals surface area contributed by atoms with E-state index in [1.165, 1.54) is 38.5 Å². The van der Waals surface area contributed by atoms with Crippen LogP contribution in [0, 0.1) is 5.92 Å². The summed E-state index contributed by atoms with van der Waals surface area (Å²) in [7, 11) is 0. The summed E-state index contributed by atoms with van der Waals surface area (Å²) in [5.41, 5.74) is 1.11. The monoisotopic (exact) mass is 167 g/mol. The van der Waals surface area contributed by atoms with Crippen LogP contribution < -0.4 is 5.32 Å². The van der Waals surface area contributed by atoms with Crippen molar-refractivity contribution in [3.05, 3.63) is 12.3 Å². The van der Waals surface area contributed by atoms with Crippen molar-refractivity contribution in [2.75, 3.05) is 6.54 Å². The third kappa shape index (κ3) is 3.80. The van der Waals surface area contributed by atoms with Gasteiger partial charge in [-0.3, -0.25) is 0 Å². The molecule has 0 heterocycles. The fraction of sp³-hybridized carbons (Fsp3) is 0.818. The molecule has 1 heteroatoms. The van der Waals surface area contributed by atoms with Gasteiger partial charge in [0, 0.05) is 12.2 Å². The quantitative estimate of drug-likeness (QED) is 0.637. The summed E-state index contributed by atoms with van der Waals surface area (Å²) in [5.74, 6) is 0.907. The summed E-state index contributed by atoms with van der Waals surface area (Å²) >= 11 is 0. The molecule has 0 aliphatic heterocycles. The van der Waals surface area contributed by atoms with Crippen LogP contribution in [0.25, 0.3) is 0 Å². The van der Waals surface area contributed by atoms with Gasteiger partial charge < -0.3 is 5.32 Å². The Morgan fingerprint density at radius 1 is 1.25 bits per heavy atom. The first kappa shape index (κ1) is 9.63. The Morgan fingerprint density at radius 2 is 1.83 bits per heavy atom. The summed E-state index contributed by atoms with van der Waals surface area (Å²) in [6.07, 6.45) is 8.60. The van der Waals surface area contributed by atoms with Crippen molar-refractivity contribution in [3.8, 4) is 0 Å². The van der Waals surface area contributed by atoms with Crippen molar-refractivity contribution in [2.45, 2.75) is 45.4 Å². The number of hydrogen-bond acceptors (Lipinski definition) is 1. The van der Waals surface area contributed by atoms with Crippen molar-refractivity contribution < 1.29 is 0 Å². The maximum atomic E-state index is 3.85. The maximum Gasteiger partial charge on any atom is 0.0172 e. The lowest BCUT2D eigenvalue weighted by molar-refractivity contribution is 0.443. The van der Waals surface area contributed by atoms with Gasteiger partial charge in [0.2, 0.25) is 0 Å². The molecule has 70 valence electrons. The van der Waals surface area contributed by atoms with Gasteiger partial charge in [-0.2, -0.15) is 0 Å². The lowest BCUT2D eigenvalue weighted by atomic mass is 10.0. The van der Waals surface area contributed by atoms with Crippen LogP contribution in [0.1, 0.15) is 45.4 Å². The summed E-state index contributed by atoms with van der Waals surface area (Å²) < 4.78 is 0. The minimum atomic E-state index is 0.907.